The lowest BCUT2D eigenvalue weighted by atomic mass is 10.1. The van der Waals surface area contributed by atoms with Crippen LogP contribution in [-0.4, -0.2) is 13.4 Å². The van der Waals surface area contributed by atoms with E-state index < -0.39 is 10.0 Å². The van der Waals surface area contributed by atoms with Gasteiger partial charge in [-0.1, -0.05) is 60.7 Å². The molecule has 4 nitrogen and oxygen atoms in total. The largest absolute Gasteiger partial charge is 0.282 e. The molecule has 23 heavy (non-hydrogen) atoms. The van der Waals surface area contributed by atoms with E-state index in [1.165, 1.54) is 6.20 Å². The van der Waals surface area contributed by atoms with E-state index in [0.29, 0.717) is 5.69 Å². The Balaban J connectivity index is 1.73. The van der Waals surface area contributed by atoms with Gasteiger partial charge in [0.05, 0.1) is 23.3 Å². The summed E-state index contributed by atoms with van der Waals surface area (Å²) in [4.78, 5) is 4.31. The Hall–Kier alpha value is -2.66. The highest BCUT2D eigenvalue weighted by Gasteiger charge is 2.11. The number of hydrogen-bond donors (Lipinski definition) is 1. The van der Waals surface area contributed by atoms with Gasteiger partial charge in [-0.3, -0.25) is 9.71 Å². The van der Waals surface area contributed by atoms with Gasteiger partial charge in [-0.2, -0.15) is 0 Å². The van der Waals surface area contributed by atoms with Crippen molar-refractivity contribution < 1.29 is 8.42 Å². The molecule has 0 aliphatic heterocycles. The molecule has 0 atom stereocenters. The monoisotopic (exact) mass is 324 g/mol. The molecule has 5 heteroatoms. The van der Waals surface area contributed by atoms with Crippen molar-refractivity contribution >= 4 is 15.7 Å². The smallest absolute Gasteiger partial charge is 0.236 e. The van der Waals surface area contributed by atoms with Crippen molar-refractivity contribution in [1.82, 2.24) is 4.98 Å². The van der Waals surface area contributed by atoms with Gasteiger partial charge in [-0.15, -0.1) is 0 Å². The van der Waals surface area contributed by atoms with E-state index in [2.05, 4.69) is 9.71 Å². The summed E-state index contributed by atoms with van der Waals surface area (Å²) in [5.74, 6) is -0.0612. The number of pyridine rings is 1. The van der Waals surface area contributed by atoms with Crippen molar-refractivity contribution in [3.05, 3.63) is 84.6 Å². The van der Waals surface area contributed by atoms with Gasteiger partial charge in [0.1, 0.15) is 0 Å². The lowest BCUT2D eigenvalue weighted by Gasteiger charge is -2.08. The van der Waals surface area contributed by atoms with Crippen LogP contribution in [0.4, 0.5) is 5.69 Å². The molecule has 0 spiro atoms. The standard InChI is InChI=1S/C18H16N2O2S/c21-23(22,14-15-7-3-1-4-8-15)20-17-11-12-18(19-13-17)16-9-5-2-6-10-16/h1-13,20H,14H2. The summed E-state index contributed by atoms with van der Waals surface area (Å²) in [5.41, 5.74) is 3.00. The van der Waals surface area contributed by atoms with Crippen LogP contribution in [0.5, 0.6) is 0 Å². The molecule has 0 bridgehead atoms. The molecule has 1 aromatic heterocycles. The Morgan fingerprint density at radius 1 is 0.826 bits per heavy atom. The highest BCUT2D eigenvalue weighted by Crippen LogP contribution is 2.19. The SMILES string of the molecule is O=S(=O)(Cc1ccccc1)Nc1ccc(-c2ccccc2)nc1. The molecule has 0 aliphatic carbocycles. The van der Waals surface area contributed by atoms with Gasteiger partial charge in [-0.25, -0.2) is 8.42 Å². The summed E-state index contributed by atoms with van der Waals surface area (Å²) < 4.78 is 26.9. The minimum Gasteiger partial charge on any atom is -0.282 e. The number of nitrogens with zero attached hydrogens (tertiary/aromatic N) is 1. The number of nitrogens with one attached hydrogen (secondary N) is 1. The van der Waals surface area contributed by atoms with E-state index in [0.717, 1.165) is 16.8 Å². The first-order chi connectivity index (χ1) is 11.1. The molecule has 1 N–H and O–H groups in total. The van der Waals surface area contributed by atoms with Gasteiger partial charge in [0, 0.05) is 5.56 Å². The normalized spacial score (nSPS) is 11.1. The second-order valence-corrected chi connectivity index (χ2v) is 6.87. The predicted octanol–water partition coefficient (Wildman–Crippen LogP) is 3.69. The first kappa shape index (κ1) is 15.2. The van der Waals surface area contributed by atoms with Crippen LogP contribution in [-0.2, 0) is 15.8 Å². The average Bonchev–Trinajstić information content (AvgIpc) is 2.56. The Kier molecular flexibility index (Phi) is 4.39. The number of hydrogen-bond acceptors (Lipinski definition) is 3. The zero-order valence-electron chi connectivity index (χ0n) is 12.4. The van der Waals surface area contributed by atoms with Gasteiger partial charge < -0.3 is 0 Å². The molecular weight excluding hydrogens is 308 g/mol. The fraction of sp³-hybridized carbons (Fsp3) is 0.0556. The Morgan fingerprint density at radius 2 is 1.48 bits per heavy atom. The molecule has 2 aromatic carbocycles. The summed E-state index contributed by atoms with van der Waals surface area (Å²) in [6, 6.07) is 22.3. The Bertz CT molecular complexity index is 862. The molecule has 1 heterocycles. The van der Waals surface area contributed by atoms with Crippen LogP contribution in [0.15, 0.2) is 79.0 Å². The summed E-state index contributed by atoms with van der Waals surface area (Å²) in [7, 11) is -3.46. The molecule has 0 unspecified atom stereocenters. The van der Waals surface area contributed by atoms with Gasteiger partial charge >= 0.3 is 0 Å². The lowest BCUT2D eigenvalue weighted by Crippen LogP contribution is -2.15. The van der Waals surface area contributed by atoms with Gasteiger partial charge in [0.25, 0.3) is 0 Å². The molecule has 0 saturated carbocycles. The van der Waals surface area contributed by atoms with Crippen LogP contribution >= 0.6 is 0 Å². The summed E-state index contributed by atoms with van der Waals surface area (Å²) in [6.07, 6.45) is 1.53. The topological polar surface area (TPSA) is 59.1 Å². The van der Waals surface area contributed by atoms with E-state index >= 15 is 0 Å². The molecule has 0 fully saturated rings. The Labute approximate surface area is 135 Å². The van der Waals surface area contributed by atoms with Gasteiger partial charge in [-0.05, 0) is 17.7 Å². The summed E-state index contributed by atoms with van der Waals surface area (Å²) in [6.45, 7) is 0. The van der Waals surface area contributed by atoms with Gasteiger partial charge in [0.2, 0.25) is 10.0 Å². The molecule has 0 amide bonds. The highest BCUT2D eigenvalue weighted by atomic mass is 32.2. The van der Waals surface area contributed by atoms with Crippen LogP contribution in [0.25, 0.3) is 11.3 Å². The first-order valence-corrected chi connectivity index (χ1v) is 8.83. The van der Waals surface area contributed by atoms with Crippen molar-refractivity contribution in [2.45, 2.75) is 5.75 Å². The summed E-state index contributed by atoms with van der Waals surface area (Å²) in [5, 5.41) is 0. The minimum absolute atomic E-state index is 0.0612. The molecule has 116 valence electrons. The molecular formula is C18H16N2O2S. The highest BCUT2D eigenvalue weighted by molar-refractivity contribution is 7.91. The number of benzene rings is 2. The van der Waals surface area contributed by atoms with E-state index in [-0.39, 0.29) is 5.75 Å². The van der Waals surface area contributed by atoms with E-state index in [4.69, 9.17) is 0 Å². The predicted molar refractivity (Wildman–Crippen MR) is 92.4 cm³/mol. The van der Waals surface area contributed by atoms with Crippen molar-refractivity contribution in [2.24, 2.45) is 0 Å². The number of rotatable bonds is 5. The quantitative estimate of drug-likeness (QED) is 0.778. The third-order valence-corrected chi connectivity index (χ3v) is 4.57. The second-order valence-electron chi connectivity index (χ2n) is 5.14. The van der Waals surface area contributed by atoms with Crippen LogP contribution < -0.4 is 4.72 Å². The van der Waals surface area contributed by atoms with Crippen molar-refractivity contribution in [2.75, 3.05) is 4.72 Å². The van der Waals surface area contributed by atoms with Crippen molar-refractivity contribution in [3.8, 4) is 11.3 Å². The van der Waals surface area contributed by atoms with Crippen molar-refractivity contribution in [3.63, 3.8) is 0 Å². The molecule has 0 radical (unpaired) electrons. The summed E-state index contributed by atoms with van der Waals surface area (Å²) >= 11 is 0. The van der Waals surface area contributed by atoms with E-state index in [9.17, 15) is 8.42 Å². The third kappa shape index (κ3) is 4.17. The average molecular weight is 324 g/mol. The fourth-order valence-corrected chi connectivity index (χ4v) is 3.43. The van der Waals surface area contributed by atoms with Crippen LogP contribution in [0.1, 0.15) is 5.56 Å². The number of anilines is 1. The maximum Gasteiger partial charge on any atom is 0.236 e. The maximum absolute atomic E-state index is 12.2. The second kappa shape index (κ2) is 6.62. The first-order valence-electron chi connectivity index (χ1n) is 7.18. The third-order valence-electron chi connectivity index (χ3n) is 3.31. The minimum atomic E-state index is -3.46. The molecule has 0 saturated heterocycles. The molecule has 3 rings (SSSR count). The zero-order valence-corrected chi connectivity index (χ0v) is 13.2. The number of aromatic nitrogens is 1. The van der Waals surface area contributed by atoms with Crippen molar-refractivity contribution in [1.29, 1.82) is 0 Å². The van der Waals surface area contributed by atoms with Crippen LogP contribution in [0.3, 0.4) is 0 Å². The zero-order chi connectivity index (χ0) is 16.1. The molecule has 0 aliphatic rings. The molecule has 3 aromatic rings. The van der Waals surface area contributed by atoms with Crippen LogP contribution in [0, 0.1) is 0 Å². The lowest BCUT2D eigenvalue weighted by molar-refractivity contribution is 0.600. The maximum atomic E-state index is 12.2. The van der Waals surface area contributed by atoms with Gasteiger partial charge in [0.15, 0.2) is 0 Å². The van der Waals surface area contributed by atoms with Crippen LogP contribution in [0.2, 0.25) is 0 Å². The van der Waals surface area contributed by atoms with E-state index in [1.54, 1.807) is 24.3 Å². The van der Waals surface area contributed by atoms with E-state index in [1.807, 2.05) is 48.5 Å². The Morgan fingerprint density at radius 3 is 2.09 bits per heavy atom. The fourth-order valence-electron chi connectivity index (χ4n) is 2.24. The number of sulfonamides is 1.